The lowest BCUT2D eigenvalue weighted by atomic mass is 9.86. The normalized spacial score (nSPS) is 15.5. The van der Waals surface area contributed by atoms with E-state index in [9.17, 15) is 0 Å². The van der Waals surface area contributed by atoms with E-state index in [1.165, 1.54) is 19.3 Å². The third-order valence-corrected chi connectivity index (χ3v) is 3.44. The molecule has 2 rings (SSSR count). The van der Waals surface area contributed by atoms with Crippen molar-refractivity contribution in [3.8, 4) is 11.5 Å². The van der Waals surface area contributed by atoms with Crippen molar-refractivity contribution in [1.29, 1.82) is 0 Å². The molecule has 3 nitrogen and oxygen atoms in total. The van der Waals surface area contributed by atoms with Gasteiger partial charge < -0.3 is 14.6 Å². The molecule has 1 fully saturated rings. The lowest BCUT2D eigenvalue weighted by molar-refractivity contribution is 0.176. The highest BCUT2D eigenvalue weighted by Crippen LogP contribution is 2.37. The number of aliphatic hydroxyl groups is 1. The van der Waals surface area contributed by atoms with Crippen molar-refractivity contribution < 1.29 is 14.6 Å². The van der Waals surface area contributed by atoms with Crippen LogP contribution in [-0.2, 0) is 6.61 Å². The van der Waals surface area contributed by atoms with Crippen molar-refractivity contribution in [2.24, 2.45) is 5.92 Å². The number of aliphatic hydroxyl groups excluding tert-OH is 1. The lowest BCUT2D eigenvalue weighted by Gasteiger charge is -2.25. The molecule has 1 aliphatic carbocycles. The van der Waals surface area contributed by atoms with Crippen molar-refractivity contribution in [3.05, 3.63) is 22.7 Å². The van der Waals surface area contributed by atoms with Gasteiger partial charge in [-0.1, -0.05) is 18.0 Å². The molecule has 0 spiro atoms. The standard InChI is InChI=1S/C13H17ClO3/c1-16-12-6-10(7-15)5-11(14)13(12)17-8-9-3-2-4-9/h5-6,9,15H,2-4,7-8H2,1H3. The van der Waals surface area contributed by atoms with E-state index in [-0.39, 0.29) is 6.61 Å². The van der Waals surface area contributed by atoms with Gasteiger partial charge in [0.2, 0.25) is 0 Å². The van der Waals surface area contributed by atoms with Gasteiger partial charge in [0.15, 0.2) is 11.5 Å². The number of methoxy groups -OCH3 is 1. The Bertz CT molecular complexity index is 388. The van der Waals surface area contributed by atoms with Crippen LogP contribution in [0.5, 0.6) is 11.5 Å². The molecule has 0 unspecified atom stereocenters. The first-order valence-corrected chi connectivity index (χ1v) is 6.22. The van der Waals surface area contributed by atoms with Crippen LogP contribution in [0.2, 0.25) is 5.02 Å². The first-order valence-electron chi connectivity index (χ1n) is 5.84. The molecule has 1 N–H and O–H groups in total. The molecule has 1 aliphatic rings. The smallest absolute Gasteiger partial charge is 0.179 e. The van der Waals surface area contributed by atoms with Crippen molar-refractivity contribution in [1.82, 2.24) is 0 Å². The molecule has 1 aromatic carbocycles. The summed E-state index contributed by atoms with van der Waals surface area (Å²) in [7, 11) is 1.57. The van der Waals surface area contributed by atoms with Crippen LogP contribution >= 0.6 is 11.6 Å². The fraction of sp³-hybridized carbons (Fsp3) is 0.538. The molecule has 0 atom stereocenters. The average molecular weight is 257 g/mol. The summed E-state index contributed by atoms with van der Waals surface area (Å²) in [6.45, 7) is 0.632. The van der Waals surface area contributed by atoms with Gasteiger partial charge in [0, 0.05) is 0 Å². The Labute approximate surface area is 106 Å². The molecule has 0 aliphatic heterocycles. The van der Waals surface area contributed by atoms with E-state index >= 15 is 0 Å². The highest BCUT2D eigenvalue weighted by Gasteiger charge is 2.20. The SMILES string of the molecule is COc1cc(CO)cc(Cl)c1OCC1CCC1. The Kier molecular flexibility index (Phi) is 4.13. The van der Waals surface area contributed by atoms with E-state index in [1.54, 1.807) is 19.2 Å². The van der Waals surface area contributed by atoms with Gasteiger partial charge in [0.25, 0.3) is 0 Å². The predicted molar refractivity (Wildman–Crippen MR) is 66.8 cm³/mol. The number of benzene rings is 1. The maximum Gasteiger partial charge on any atom is 0.179 e. The second-order valence-electron chi connectivity index (χ2n) is 4.38. The maximum absolute atomic E-state index is 9.08. The first kappa shape index (κ1) is 12.5. The Morgan fingerprint density at radius 1 is 1.41 bits per heavy atom. The summed E-state index contributed by atoms with van der Waals surface area (Å²) in [5.74, 6) is 1.81. The molecule has 17 heavy (non-hydrogen) atoms. The van der Waals surface area contributed by atoms with Crippen molar-refractivity contribution in [3.63, 3.8) is 0 Å². The van der Waals surface area contributed by atoms with Gasteiger partial charge in [0.1, 0.15) is 0 Å². The summed E-state index contributed by atoms with van der Waals surface area (Å²) in [6.07, 6.45) is 3.76. The van der Waals surface area contributed by atoms with Crippen LogP contribution in [0.1, 0.15) is 24.8 Å². The van der Waals surface area contributed by atoms with Crippen molar-refractivity contribution >= 4 is 11.6 Å². The molecular formula is C13H17ClO3. The zero-order valence-electron chi connectivity index (χ0n) is 9.91. The van der Waals surface area contributed by atoms with Gasteiger partial charge in [0.05, 0.1) is 25.3 Å². The monoisotopic (exact) mass is 256 g/mol. The van der Waals surface area contributed by atoms with E-state index in [0.717, 1.165) is 5.56 Å². The zero-order chi connectivity index (χ0) is 12.3. The average Bonchev–Trinajstić information content (AvgIpc) is 2.28. The largest absolute Gasteiger partial charge is 0.493 e. The summed E-state index contributed by atoms with van der Waals surface area (Å²) < 4.78 is 11.0. The molecule has 0 saturated heterocycles. The summed E-state index contributed by atoms with van der Waals surface area (Å²) in [5, 5.41) is 9.58. The number of ether oxygens (including phenoxy) is 2. The van der Waals surface area contributed by atoms with Crippen LogP contribution in [0.4, 0.5) is 0 Å². The highest BCUT2D eigenvalue weighted by molar-refractivity contribution is 6.32. The molecular weight excluding hydrogens is 240 g/mol. The van der Waals surface area contributed by atoms with Gasteiger partial charge >= 0.3 is 0 Å². The lowest BCUT2D eigenvalue weighted by Crippen LogP contribution is -2.19. The summed E-state index contributed by atoms with van der Waals surface area (Å²) in [6, 6.07) is 3.46. The molecule has 1 aromatic rings. The molecule has 0 amide bonds. The van der Waals surface area contributed by atoms with Gasteiger partial charge in [-0.15, -0.1) is 0 Å². The van der Waals surface area contributed by atoms with E-state index in [0.29, 0.717) is 29.0 Å². The molecule has 0 aromatic heterocycles. The van der Waals surface area contributed by atoms with Crippen LogP contribution in [0.3, 0.4) is 0 Å². The fourth-order valence-electron chi connectivity index (χ4n) is 1.87. The third-order valence-electron chi connectivity index (χ3n) is 3.16. The highest BCUT2D eigenvalue weighted by atomic mass is 35.5. The van der Waals surface area contributed by atoms with E-state index in [4.69, 9.17) is 26.2 Å². The fourth-order valence-corrected chi connectivity index (χ4v) is 2.15. The molecule has 1 saturated carbocycles. The Balaban J connectivity index is 2.12. The molecule has 0 radical (unpaired) electrons. The Hall–Kier alpha value is -0.930. The summed E-state index contributed by atoms with van der Waals surface area (Å²) in [5.41, 5.74) is 0.725. The van der Waals surface area contributed by atoms with Gasteiger partial charge in [-0.3, -0.25) is 0 Å². The number of hydrogen-bond donors (Lipinski definition) is 1. The number of halogens is 1. The van der Waals surface area contributed by atoms with Crippen LogP contribution in [0, 0.1) is 5.92 Å². The minimum absolute atomic E-state index is 0.0566. The molecule has 0 heterocycles. The Morgan fingerprint density at radius 2 is 2.18 bits per heavy atom. The topological polar surface area (TPSA) is 38.7 Å². The minimum Gasteiger partial charge on any atom is -0.493 e. The van der Waals surface area contributed by atoms with Crippen molar-refractivity contribution in [2.45, 2.75) is 25.9 Å². The van der Waals surface area contributed by atoms with Crippen LogP contribution in [0.15, 0.2) is 12.1 Å². The molecule has 4 heteroatoms. The zero-order valence-corrected chi connectivity index (χ0v) is 10.7. The summed E-state index contributed by atoms with van der Waals surface area (Å²) >= 11 is 6.12. The number of hydrogen-bond acceptors (Lipinski definition) is 3. The van der Waals surface area contributed by atoms with Gasteiger partial charge in [-0.25, -0.2) is 0 Å². The molecule has 0 bridgehead atoms. The second-order valence-corrected chi connectivity index (χ2v) is 4.78. The van der Waals surface area contributed by atoms with Gasteiger partial charge in [-0.05, 0) is 36.5 Å². The quantitative estimate of drug-likeness (QED) is 0.880. The predicted octanol–water partition coefficient (Wildman–Crippen LogP) is 3.02. The summed E-state index contributed by atoms with van der Waals surface area (Å²) in [4.78, 5) is 0. The Morgan fingerprint density at radius 3 is 2.71 bits per heavy atom. The maximum atomic E-state index is 9.08. The van der Waals surface area contributed by atoms with Crippen LogP contribution in [0.25, 0.3) is 0 Å². The minimum atomic E-state index is -0.0566. The third kappa shape index (κ3) is 2.85. The van der Waals surface area contributed by atoms with Crippen LogP contribution < -0.4 is 9.47 Å². The number of rotatable bonds is 5. The molecule has 94 valence electrons. The van der Waals surface area contributed by atoms with Gasteiger partial charge in [-0.2, -0.15) is 0 Å². The first-order chi connectivity index (χ1) is 8.24. The van der Waals surface area contributed by atoms with E-state index < -0.39 is 0 Å². The van der Waals surface area contributed by atoms with E-state index in [1.807, 2.05) is 0 Å². The van der Waals surface area contributed by atoms with E-state index in [2.05, 4.69) is 0 Å². The second kappa shape index (κ2) is 5.61. The van der Waals surface area contributed by atoms with Crippen LogP contribution in [-0.4, -0.2) is 18.8 Å². The van der Waals surface area contributed by atoms with Crippen molar-refractivity contribution in [2.75, 3.05) is 13.7 Å².